The van der Waals surface area contributed by atoms with Gasteiger partial charge in [0.05, 0.1) is 0 Å². The minimum absolute atomic E-state index is 0.0306. The SMILES string of the molecule is CCCCCC(CC)(Pc1ccccc1N1CCCCC1)c1cc(C(C)(C)C)cc(C)c1O. The number of phenolic OH excluding ortho intramolecular Hbond substituents is 1. The topological polar surface area (TPSA) is 23.5 Å². The summed E-state index contributed by atoms with van der Waals surface area (Å²) in [6.07, 6.45) is 9.79. The van der Waals surface area contributed by atoms with Crippen molar-refractivity contribution in [2.45, 2.75) is 103 Å². The smallest absolute Gasteiger partial charge is 0.122 e. The van der Waals surface area contributed by atoms with Crippen LogP contribution >= 0.6 is 8.58 Å². The summed E-state index contributed by atoms with van der Waals surface area (Å²) in [4.78, 5) is 2.61. The summed E-state index contributed by atoms with van der Waals surface area (Å²) in [5, 5.41) is 12.8. The highest BCUT2D eigenvalue weighted by Crippen LogP contribution is 2.53. The molecule has 0 radical (unpaired) electrons. The lowest BCUT2D eigenvalue weighted by Gasteiger charge is -2.38. The van der Waals surface area contributed by atoms with Gasteiger partial charge in [0, 0.05) is 29.5 Å². The third kappa shape index (κ3) is 6.13. The number of nitrogens with zero attached hydrogens (tertiary/aromatic N) is 1. The van der Waals surface area contributed by atoms with Crippen LogP contribution in [0.4, 0.5) is 5.69 Å². The van der Waals surface area contributed by atoms with Crippen LogP contribution in [0.3, 0.4) is 0 Å². The first-order valence-corrected chi connectivity index (χ1v) is 14.2. The molecule has 33 heavy (non-hydrogen) atoms. The van der Waals surface area contributed by atoms with E-state index in [1.165, 1.54) is 73.7 Å². The molecule has 3 heteroatoms. The third-order valence-corrected chi connectivity index (χ3v) is 9.51. The van der Waals surface area contributed by atoms with Gasteiger partial charge in [-0.3, -0.25) is 0 Å². The number of rotatable bonds is 9. The van der Waals surface area contributed by atoms with E-state index in [0.717, 1.165) is 18.4 Å². The minimum Gasteiger partial charge on any atom is -0.507 e. The Labute approximate surface area is 205 Å². The maximum atomic E-state index is 11.4. The van der Waals surface area contributed by atoms with E-state index in [2.05, 4.69) is 82.8 Å². The van der Waals surface area contributed by atoms with Gasteiger partial charge in [0.25, 0.3) is 0 Å². The van der Waals surface area contributed by atoms with Gasteiger partial charge >= 0.3 is 0 Å². The van der Waals surface area contributed by atoms with Crippen LogP contribution < -0.4 is 10.2 Å². The van der Waals surface area contributed by atoms with E-state index in [-0.39, 0.29) is 10.6 Å². The summed E-state index contributed by atoms with van der Waals surface area (Å²) >= 11 is 0. The first-order chi connectivity index (χ1) is 15.7. The van der Waals surface area contributed by atoms with Crippen LogP contribution in [0.5, 0.6) is 5.75 Å². The molecule has 0 aromatic heterocycles. The number of phenols is 1. The molecule has 182 valence electrons. The molecule has 0 amide bonds. The maximum absolute atomic E-state index is 11.4. The van der Waals surface area contributed by atoms with Crippen LogP contribution in [0, 0.1) is 6.92 Å². The van der Waals surface area contributed by atoms with Crippen molar-refractivity contribution in [3.63, 3.8) is 0 Å². The van der Waals surface area contributed by atoms with Gasteiger partial charge in [0.1, 0.15) is 5.75 Å². The van der Waals surface area contributed by atoms with E-state index >= 15 is 0 Å². The number of aromatic hydroxyl groups is 1. The fraction of sp³-hybridized carbons (Fsp3) is 0.600. The average molecular weight is 468 g/mol. The van der Waals surface area contributed by atoms with Crippen molar-refractivity contribution in [2.75, 3.05) is 18.0 Å². The van der Waals surface area contributed by atoms with Gasteiger partial charge in [-0.15, -0.1) is 0 Å². The van der Waals surface area contributed by atoms with Crippen LogP contribution in [0.2, 0.25) is 0 Å². The molecule has 0 saturated carbocycles. The van der Waals surface area contributed by atoms with Crippen molar-refractivity contribution in [3.8, 4) is 5.75 Å². The van der Waals surface area contributed by atoms with E-state index < -0.39 is 0 Å². The summed E-state index contributed by atoms with van der Waals surface area (Å²) < 4.78 is 0. The molecule has 3 rings (SSSR count). The van der Waals surface area contributed by atoms with Crippen LogP contribution in [0.15, 0.2) is 36.4 Å². The quantitative estimate of drug-likeness (QED) is 0.297. The van der Waals surface area contributed by atoms with Gasteiger partial charge in [-0.2, -0.15) is 0 Å². The Morgan fingerprint density at radius 3 is 2.30 bits per heavy atom. The predicted molar refractivity (Wildman–Crippen MR) is 148 cm³/mol. The Hall–Kier alpha value is -1.53. The molecule has 2 nitrogen and oxygen atoms in total. The van der Waals surface area contributed by atoms with E-state index in [9.17, 15) is 5.11 Å². The van der Waals surface area contributed by atoms with Crippen LogP contribution in [0.1, 0.15) is 103 Å². The number of hydrogen-bond donors (Lipinski definition) is 1. The Balaban J connectivity index is 2.11. The van der Waals surface area contributed by atoms with E-state index in [1.807, 2.05) is 0 Å². The Kier molecular flexibility index (Phi) is 8.90. The number of benzene rings is 2. The number of hydrogen-bond acceptors (Lipinski definition) is 2. The van der Waals surface area contributed by atoms with Gasteiger partial charge in [0.15, 0.2) is 0 Å². The highest BCUT2D eigenvalue weighted by atomic mass is 31.1. The molecule has 2 aromatic carbocycles. The first kappa shape index (κ1) is 26.1. The number of unbranched alkanes of at least 4 members (excludes halogenated alkanes) is 2. The number of para-hydroxylation sites is 1. The van der Waals surface area contributed by atoms with Gasteiger partial charge in [-0.1, -0.05) is 92.8 Å². The molecule has 1 N–H and O–H groups in total. The Morgan fingerprint density at radius 1 is 0.970 bits per heavy atom. The van der Waals surface area contributed by atoms with Crippen molar-refractivity contribution in [2.24, 2.45) is 0 Å². The zero-order chi connectivity index (χ0) is 24.1. The zero-order valence-electron chi connectivity index (χ0n) is 21.9. The standard InChI is InChI=1S/C30H46NOP/c1-7-9-13-18-30(8-2,25-22-24(29(4,5)6)21-23(3)28(25)32)33-27-17-12-11-16-26(27)31-19-14-10-15-20-31/h11-12,16-17,21-22,32-33H,7-10,13-15,18-20H2,1-6H3. The van der Waals surface area contributed by atoms with Crippen LogP contribution in [-0.4, -0.2) is 18.2 Å². The van der Waals surface area contributed by atoms with E-state index in [4.69, 9.17) is 0 Å². The van der Waals surface area contributed by atoms with E-state index in [0.29, 0.717) is 14.3 Å². The lowest BCUT2D eigenvalue weighted by molar-refractivity contribution is 0.431. The second-order valence-electron chi connectivity index (χ2n) is 11.0. The number of aryl methyl sites for hydroxylation is 1. The zero-order valence-corrected chi connectivity index (χ0v) is 22.9. The molecule has 0 aliphatic carbocycles. The minimum atomic E-state index is -0.0306. The summed E-state index contributed by atoms with van der Waals surface area (Å²) in [6.45, 7) is 15.9. The van der Waals surface area contributed by atoms with Crippen molar-refractivity contribution < 1.29 is 5.11 Å². The van der Waals surface area contributed by atoms with Crippen molar-refractivity contribution in [1.82, 2.24) is 0 Å². The molecule has 1 aliphatic rings. The fourth-order valence-electron chi connectivity index (χ4n) is 5.22. The normalized spacial score (nSPS) is 17.0. The molecule has 1 saturated heterocycles. The Morgan fingerprint density at radius 2 is 1.67 bits per heavy atom. The largest absolute Gasteiger partial charge is 0.507 e. The van der Waals surface area contributed by atoms with Crippen molar-refractivity contribution in [3.05, 3.63) is 53.1 Å². The molecular weight excluding hydrogens is 421 g/mol. The molecule has 2 atom stereocenters. The average Bonchev–Trinajstić information content (AvgIpc) is 2.80. The predicted octanol–water partition coefficient (Wildman–Crippen LogP) is 8.18. The molecular formula is C30H46NOP. The van der Waals surface area contributed by atoms with E-state index in [1.54, 1.807) is 0 Å². The van der Waals surface area contributed by atoms with Crippen LogP contribution in [0.25, 0.3) is 0 Å². The summed E-state index contributed by atoms with van der Waals surface area (Å²) in [6, 6.07) is 13.6. The summed E-state index contributed by atoms with van der Waals surface area (Å²) in [7, 11) is 0.649. The molecule has 1 heterocycles. The number of anilines is 1. The van der Waals surface area contributed by atoms with Crippen molar-refractivity contribution in [1.29, 1.82) is 0 Å². The summed E-state index contributed by atoms with van der Waals surface area (Å²) in [5.41, 5.74) is 5.00. The Bertz CT molecular complexity index is 910. The maximum Gasteiger partial charge on any atom is 0.122 e. The lowest BCUT2D eigenvalue weighted by Crippen LogP contribution is -2.33. The molecule has 1 fully saturated rings. The lowest BCUT2D eigenvalue weighted by atomic mass is 9.80. The van der Waals surface area contributed by atoms with Crippen molar-refractivity contribution >= 4 is 19.6 Å². The second kappa shape index (κ2) is 11.3. The monoisotopic (exact) mass is 467 g/mol. The highest BCUT2D eigenvalue weighted by Gasteiger charge is 2.35. The molecule has 0 spiro atoms. The first-order valence-electron chi connectivity index (χ1n) is 13.2. The van der Waals surface area contributed by atoms with Crippen LogP contribution in [-0.2, 0) is 10.6 Å². The van der Waals surface area contributed by atoms with Gasteiger partial charge in [-0.25, -0.2) is 0 Å². The number of piperidine rings is 1. The fourth-order valence-corrected chi connectivity index (χ4v) is 7.09. The van der Waals surface area contributed by atoms with Gasteiger partial charge < -0.3 is 10.0 Å². The summed E-state index contributed by atoms with van der Waals surface area (Å²) in [5.74, 6) is 0.518. The van der Waals surface area contributed by atoms with Gasteiger partial charge in [0.2, 0.25) is 0 Å². The molecule has 2 aromatic rings. The molecule has 0 bridgehead atoms. The second-order valence-corrected chi connectivity index (χ2v) is 12.8. The highest BCUT2D eigenvalue weighted by molar-refractivity contribution is 7.49. The van der Waals surface area contributed by atoms with Gasteiger partial charge in [-0.05, 0) is 66.9 Å². The molecule has 1 aliphatic heterocycles. The molecule has 2 unspecified atom stereocenters. The third-order valence-electron chi connectivity index (χ3n) is 7.47.